The van der Waals surface area contributed by atoms with Crippen LogP contribution in [0.2, 0.25) is 0 Å². The van der Waals surface area contributed by atoms with Crippen LogP contribution in [0.5, 0.6) is 5.75 Å². The number of nitro benzene ring substituents is 3. The number of aryl methyl sites for hydroxylation is 1. The Balaban J connectivity index is 0.000000292. The molecule has 0 aliphatic heterocycles. The van der Waals surface area contributed by atoms with Crippen molar-refractivity contribution in [2.75, 3.05) is 0 Å². The summed E-state index contributed by atoms with van der Waals surface area (Å²) in [6.07, 6.45) is 7.96. The molecular weight excluding hydrogens is 372 g/mol. The number of hydrogen-bond donors (Lipinski definition) is 1. The lowest BCUT2D eigenvalue weighted by atomic mass is 10.2. The van der Waals surface area contributed by atoms with Gasteiger partial charge in [0.05, 0.1) is 32.6 Å². The summed E-state index contributed by atoms with van der Waals surface area (Å²) < 4.78 is 0. The van der Waals surface area contributed by atoms with Gasteiger partial charge in [-0.05, 0) is 32.1 Å². The standard InChI is InChI=1S/C11H13N.C6H3N3O7/c1-3-4-5-8-11-9-6-7-10(2)12-11;10-6-4(8(13)14)1-3(7(11)12)2-5(6)9(15)16/h3-9H,1-2H3;1-2,10H/b4-3-,8-5+;. The molecule has 11 nitrogen and oxygen atoms in total. The van der Waals surface area contributed by atoms with Gasteiger partial charge in [-0.1, -0.05) is 24.3 Å². The maximum Gasteiger partial charge on any atom is 0.324 e. The van der Waals surface area contributed by atoms with Gasteiger partial charge < -0.3 is 5.11 Å². The molecule has 0 aliphatic carbocycles. The van der Waals surface area contributed by atoms with E-state index in [1.165, 1.54) is 0 Å². The van der Waals surface area contributed by atoms with Crippen molar-refractivity contribution in [2.45, 2.75) is 13.8 Å². The highest BCUT2D eigenvalue weighted by Crippen LogP contribution is 2.38. The van der Waals surface area contributed by atoms with Crippen LogP contribution in [-0.4, -0.2) is 24.9 Å². The Bertz CT molecular complexity index is 919. The van der Waals surface area contributed by atoms with Gasteiger partial charge in [0.15, 0.2) is 0 Å². The van der Waals surface area contributed by atoms with Crippen molar-refractivity contribution in [3.05, 3.63) is 90.3 Å². The normalized spacial score (nSPS) is 10.5. The molecule has 2 rings (SSSR count). The molecule has 0 spiro atoms. The molecule has 1 heterocycles. The van der Waals surface area contributed by atoms with Gasteiger partial charge >= 0.3 is 11.4 Å². The molecule has 0 amide bonds. The Morgan fingerprint density at radius 3 is 1.96 bits per heavy atom. The Labute approximate surface area is 158 Å². The highest BCUT2D eigenvalue weighted by molar-refractivity contribution is 5.64. The number of allylic oxidation sites excluding steroid dienone is 3. The number of rotatable bonds is 5. The van der Waals surface area contributed by atoms with E-state index in [-0.39, 0.29) is 0 Å². The largest absolute Gasteiger partial charge is 0.497 e. The molecule has 0 fully saturated rings. The highest BCUT2D eigenvalue weighted by atomic mass is 16.6. The average molecular weight is 388 g/mol. The van der Waals surface area contributed by atoms with Crippen molar-refractivity contribution in [1.29, 1.82) is 0 Å². The van der Waals surface area contributed by atoms with Gasteiger partial charge in [0.25, 0.3) is 11.4 Å². The Hall–Kier alpha value is -4.15. The third-order valence-electron chi connectivity index (χ3n) is 3.14. The Morgan fingerprint density at radius 2 is 1.54 bits per heavy atom. The first-order chi connectivity index (χ1) is 13.2. The second-order valence-electron chi connectivity index (χ2n) is 5.19. The summed E-state index contributed by atoms with van der Waals surface area (Å²) >= 11 is 0. The molecule has 0 bridgehead atoms. The van der Waals surface area contributed by atoms with Crippen molar-refractivity contribution >= 4 is 23.1 Å². The van der Waals surface area contributed by atoms with Crippen molar-refractivity contribution in [3.63, 3.8) is 0 Å². The number of nitrogens with zero attached hydrogens (tertiary/aromatic N) is 4. The van der Waals surface area contributed by atoms with Crippen LogP contribution < -0.4 is 0 Å². The molecule has 1 N–H and O–H groups in total. The fourth-order valence-corrected chi connectivity index (χ4v) is 1.90. The summed E-state index contributed by atoms with van der Waals surface area (Å²) in [6.45, 7) is 3.99. The Morgan fingerprint density at radius 1 is 0.964 bits per heavy atom. The molecule has 0 saturated heterocycles. The SMILES string of the molecule is C/C=C\C=C\c1cccc(C)n1.O=[N+]([O-])c1cc([N+](=O)[O-])c(O)c([N+](=O)[O-])c1. The van der Waals surface area contributed by atoms with Crippen LogP contribution >= 0.6 is 0 Å². The lowest BCUT2D eigenvalue weighted by molar-refractivity contribution is -0.404. The van der Waals surface area contributed by atoms with Crippen molar-refractivity contribution in [3.8, 4) is 5.75 Å². The van der Waals surface area contributed by atoms with Crippen molar-refractivity contribution in [2.24, 2.45) is 0 Å². The predicted octanol–water partition coefficient (Wildman–Crippen LogP) is 4.10. The van der Waals surface area contributed by atoms with Crippen LogP contribution in [0.25, 0.3) is 6.08 Å². The molecule has 11 heteroatoms. The van der Waals surface area contributed by atoms with Crippen LogP contribution in [0.3, 0.4) is 0 Å². The van der Waals surface area contributed by atoms with Gasteiger partial charge in [-0.15, -0.1) is 0 Å². The molecule has 1 aromatic heterocycles. The first kappa shape index (κ1) is 21.9. The summed E-state index contributed by atoms with van der Waals surface area (Å²) in [7, 11) is 0. The van der Waals surface area contributed by atoms with Gasteiger partial charge in [0.2, 0.25) is 0 Å². The van der Waals surface area contributed by atoms with E-state index in [2.05, 4.69) is 4.98 Å². The second-order valence-corrected chi connectivity index (χ2v) is 5.19. The van der Waals surface area contributed by atoms with E-state index < -0.39 is 37.6 Å². The molecule has 0 aliphatic rings. The van der Waals surface area contributed by atoms with E-state index in [0.29, 0.717) is 12.1 Å². The third-order valence-corrected chi connectivity index (χ3v) is 3.14. The van der Waals surface area contributed by atoms with Crippen LogP contribution in [-0.2, 0) is 0 Å². The molecule has 0 atom stereocenters. The molecule has 0 unspecified atom stereocenters. The van der Waals surface area contributed by atoms with Crippen LogP contribution in [0.1, 0.15) is 18.3 Å². The number of non-ortho nitro benzene ring substituents is 1. The fourth-order valence-electron chi connectivity index (χ4n) is 1.90. The van der Waals surface area contributed by atoms with Crippen LogP contribution in [0.4, 0.5) is 17.1 Å². The molecule has 0 radical (unpaired) electrons. The Kier molecular flexibility index (Phi) is 7.90. The minimum absolute atomic E-state index is 0.447. The lowest BCUT2D eigenvalue weighted by Gasteiger charge is -1.97. The van der Waals surface area contributed by atoms with E-state index in [1.54, 1.807) is 0 Å². The number of benzene rings is 1. The smallest absolute Gasteiger partial charge is 0.324 e. The fraction of sp³-hybridized carbons (Fsp3) is 0.118. The van der Waals surface area contributed by atoms with Gasteiger partial charge in [0, 0.05) is 5.69 Å². The quantitative estimate of drug-likeness (QED) is 0.454. The van der Waals surface area contributed by atoms with Crippen molar-refractivity contribution < 1.29 is 19.9 Å². The number of phenols is 1. The monoisotopic (exact) mass is 388 g/mol. The molecular formula is C17H16N4O7. The van der Waals surface area contributed by atoms with Gasteiger partial charge in [-0.25, -0.2) is 0 Å². The van der Waals surface area contributed by atoms with Gasteiger partial charge in [-0.2, -0.15) is 0 Å². The van der Waals surface area contributed by atoms with Crippen molar-refractivity contribution in [1.82, 2.24) is 4.98 Å². The zero-order valence-electron chi connectivity index (χ0n) is 14.9. The number of aromatic hydroxyl groups is 1. The van der Waals surface area contributed by atoms with E-state index in [9.17, 15) is 30.3 Å². The van der Waals surface area contributed by atoms with E-state index in [4.69, 9.17) is 5.11 Å². The number of pyridine rings is 1. The van der Waals surface area contributed by atoms with E-state index in [0.717, 1.165) is 11.4 Å². The van der Waals surface area contributed by atoms with Crippen LogP contribution in [0.15, 0.2) is 48.6 Å². The number of phenolic OH excluding ortho intramolecular Hbond substituents is 1. The minimum Gasteiger partial charge on any atom is -0.497 e. The second kappa shape index (κ2) is 10.1. The maximum atomic E-state index is 10.4. The van der Waals surface area contributed by atoms with E-state index >= 15 is 0 Å². The third kappa shape index (κ3) is 6.29. The summed E-state index contributed by atoms with van der Waals surface area (Å²) in [6, 6.07) is 6.89. The number of nitro groups is 3. The van der Waals surface area contributed by atoms with Gasteiger partial charge in [-0.3, -0.25) is 35.3 Å². The lowest BCUT2D eigenvalue weighted by Crippen LogP contribution is -1.97. The maximum absolute atomic E-state index is 10.4. The van der Waals surface area contributed by atoms with E-state index in [1.807, 2.05) is 56.4 Å². The first-order valence-electron chi connectivity index (χ1n) is 7.70. The first-order valence-corrected chi connectivity index (χ1v) is 7.70. The average Bonchev–Trinajstić information content (AvgIpc) is 2.62. The molecule has 2 aromatic rings. The van der Waals surface area contributed by atoms with Gasteiger partial charge in [0.1, 0.15) is 0 Å². The molecule has 28 heavy (non-hydrogen) atoms. The molecule has 146 valence electrons. The summed E-state index contributed by atoms with van der Waals surface area (Å²) in [5, 5.41) is 40.2. The summed E-state index contributed by atoms with van der Waals surface area (Å²) in [5.41, 5.74) is -0.941. The topological polar surface area (TPSA) is 163 Å². The number of hydrogen-bond acceptors (Lipinski definition) is 8. The summed E-state index contributed by atoms with van der Waals surface area (Å²) in [4.78, 5) is 32.1. The molecule has 0 saturated carbocycles. The summed E-state index contributed by atoms with van der Waals surface area (Å²) in [5.74, 6) is -1.21. The minimum atomic E-state index is -1.21. The zero-order valence-corrected chi connectivity index (χ0v) is 14.9. The zero-order chi connectivity index (χ0) is 21.3. The number of aromatic nitrogens is 1. The molecule has 1 aromatic carbocycles. The van der Waals surface area contributed by atoms with Crippen LogP contribution in [0, 0.1) is 37.3 Å². The highest BCUT2D eigenvalue weighted by Gasteiger charge is 2.30. The predicted molar refractivity (Wildman–Crippen MR) is 101 cm³/mol.